The Morgan fingerprint density at radius 1 is 1.07 bits per heavy atom. The summed E-state index contributed by atoms with van der Waals surface area (Å²) in [4.78, 5) is 26.7. The summed E-state index contributed by atoms with van der Waals surface area (Å²) in [6.45, 7) is 1.68. The first kappa shape index (κ1) is 22.3. The van der Waals surface area contributed by atoms with Crippen LogP contribution in [0.3, 0.4) is 0 Å². The summed E-state index contributed by atoms with van der Waals surface area (Å²) in [6.07, 6.45) is 0.425. The number of amides is 2. The highest BCUT2D eigenvalue weighted by Gasteiger charge is 2.29. The van der Waals surface area contributed by atoms with E-state index in [1.54, 1.807) is 42.5 Å². The van der Waals surface area contributed by atoms with Crippen molar-refractivity contribution in [3.63, 3.8) is 0 Å². The summed E-state index contributed by atoms with van der Waals surface area (Å²) in [5.74, 6) is -0.131. The van der Waals surface area contributed by atoms with Crippen molar-refractivity contribution < 1.29 is 14.3 Å². The first-order chi connectivity index (χ1) is 13.4. The Morgan fingerprint density at radius 3 is 2.21 bits per heavy atom. The second-order valence-electron chi connectivity index (χ2n) is 6.00. The lowest BCUT2D eigenvalue weighted by atomic mass is 10.1. The highest BCUT2D eigenvalue weighted by molar-refractivity contribution is 6.36. The quantitative estimate of drug-likeness (QED) is 0.650. The molecule has 2 aromatic carbocycles. The molecule has 0 heterocycles. The molecule has 0 saturated heterocycles. The number of hydrogen-bond acceptors (Lipinski definition) is 3. The van der Waals surface area contributed by atoms with Crippen LogP contribution in [0.1, 0.15) is 18.9 Å². The Kier molecular flexibility index (Phi) is 8.42. The van der Waals surface area contributed by atoms with Crippen molar-refractivity contribution in [3.8, 4) is 5.75 Å². The van der Waals surface area contributed by atoms with Crippen molar-refractivity contribution in [1.82, 2.24) is 10.2 Å². The zero-order valence-electron chi connectivity index (χ0n) is 15.5. The van der Waals surface area contributed by atoms with E-state index in [1.807, 2.05) is 6.92 Å². The third-order valence-corrected chi connectivity index (χ3v) is 5.16. The number of carbonyl (C=O) groups is 2. The molecule has 2 aromatic rings. The molecule has 0 spiro atoms. The van der Waals surface area contributed by atoms with Crippen molar-refractivity contribution in [2.75, 3.05) is 13.7 Å². The molecule has 8 heteroatoms. The number of hydrogen-bond donors (Lipinski definition) is 1. The van der Waals surface area contributed by atoms with Gasteiger partial charge in [-0.25, -0.2) is 0 Å². The molecular formula is C20H21Cl3N2O3. The summed E-state index contributed by atoms with van der Waals surface area (Å²) >= 11 is 18.4. The zero-order valence-corrected chi connectivity index (χ0v) is 17.8. The van der Waals surface area contributed by atoms with Crippen LogP contribution in [0, 0.1) is 0 Å². The minimum Gasteiger partial charge on any atom is -0.484 e. The molecule has 1 unspecified atom stereocenters. The fourth-order valence-electron chi connectivity index (χ4n) is 2.70. The van der Waals surface area contributed by atoms with Crippen molar-refractivity contribution in [1.29, 1.82) is 0 Å². The Labute approximate surface area is 179 Å². The average molecular weight is 444 g/mol. The predicted molar refractivity (Wildman–Crippen MR) is 112 cm³/mol. The van der Waals surface area contributed by atoms with E-state index in [1.165, 1.54) is 11.9 Å². The molecule has 0 bridgehead atoms. The van der Waals surface area contributed by atoms with E-state index < -0.39 is 6.04 Å². The van der Waals surface area contributed by atoms with Crippen LogP contribution in [-0.4, -0.2) is 36.4 Å². The van der Waals surface area contributed by atoms with Crippen molar-refractivity contribution in [3.05, 3.63) is 63.1 Å². The summed E-state index contributed by atoms with van der Waals surface area (Å²) in [5, 5.41) is 4.01. The smallest absolute Gasteiger partial charge is 0.261 e. The molecule has 0 aliphatic heterocycles. The molecular weight excluding hydrogens is 423 g/mol. The van der Waals surface area contributed by atoms with Gasteiger partial charge in [0.05, 0.1) is 0 Å². The van der Waals surface area contributed by atoms with Gasteiger partial charge in [-0.3, -0.25) is 9.59 Å². The van der Waals surface area contributed by atoms with Gasteiger partial charge in [-0.1, -0.05) is 47.8 Å². The normalized spacial score (nSPS) is 11.6. The molecule has 1 atom stereocenters. The van der Waals surface area contributed by atoms with Crippen molar-refractivity contribution in [2.45, 2.75) is 25.9 Å². The Morgan fingerprint density at radius 2 is 1.68 bits per heavy atom. The number of nitrogens with zero attached hydrogens (tertiary/aromatic N) is 1. The molecule has 0 aliphatic carbocycles. The molecule has 0 aliphatic rings. The monoisotopic (exact) mass is 442 g/mol. The maximum absolute atomic E-state index is 12.9. The van der Waals surface area contributed by atoms with E-state index in [4.69, 9.17) is 39.5 Å². The van der Waals surface area contributed by atoms with Gasteiger partial charge in [0.15, 0.2) is 6.61 Å². The number of halogens is 3. The van der Waals surface area contributed by atoms with Crippen LogP contribution in [-0.2, 0) is 16.1 Å². The van der Waals surface area contributed by atoms with E-state index >= 15 is 0 Å². The molecule has 150 valence electrons. The SMILES string of the molecule is CCC(C(=O)NC)N(Cc1c(Cl)cccc1Cl)C(=O)COc1ccc(Cl)cc1. The molecule has 2 rings (SSSR count). The van der Waals surface area contributed by atoms with Gasteiger partial charge in [-0.2, -0.15) is 0 Å². The van der Waals surface area contributed by atoms with Gasteiger partial charge in [0.25, 0.3) is 5.91 Å². The average Bonchev–Trinajstić information content (AvgIpc) is 2.69. The Hall–Kier alpha value is -1.95. The van der Waals surface area contributed by atoms with Gasteiger partial charge in [0.2, 0.25) is 5.91 Å². The molecule has 5 nitrogen and oxygen atoms in total. The largest absolute Gasteiger partial charge is 0.484 e. The zero-order chi connectivity index (χ0) is 20.7. The third kappa shape index (κ3) is 5.77. The van der Waals surface area contributed by atoms with Gasteiger partial charge in [0, 0.05) is 34.2 Å². The van der Waals surface area contributed by atoms with E-state index in [-0.39, 0.29) is 25.0 Å². The summed E-state index contributed by atoms with van der Waals surface area (Å²) in [7, 11) is 1.53. The van der Waals surface area contributed by atoms with Crippen LogP contribution in [0.2, 0.25) is 15.1 Å². The fraction of sp³-hybridized carbons (Fsp3) is 0.300. The molecule has 0 radical (unpaired) electrons. The maximum atomic E-state index is 12.9. The summed E-state index contributed by atoms with van der Waals surface area (Å²) in [6, 6.07) is 11.1. The lowest BCUT2D eigenvalue weighted by Gasteiger charge is -2.30. The number of nitrogens with one attached hydrogen (secondary N) is 1. The lowest BCUT2D eigenvalue weighted by molar-refractivity contribution is -0.142. The van der Waals surface area contributed by atoms with E-state index in [2.05, 4.69) is 5.32 Å². The van der Waals surface area contributed by atoms with Crippen LogP contribution in [0.15, 0.2) is 42.5 Å². The second kappa shape index (κ2) is 10.6. The summed E-state index contributed by atoms with van der Waals surface area (Å²) in [5.41, 5.74) is 0.577. The number of benzene rings is 2. The minimum atomic E-state index is -0.682. The number of carbonyl (C=O) groups excluding carboxylic acids is 2. The predicted octanol–water partition coefficient (Wildman–Crippen LogP) is 4.58. The second-order valence-corrected chi connectivity index (χ2v) is 7.25. The van der Waals surface area contributed by atoms with Gasteiger partial charge < -0.3 is 15.0 Å². The first-order valence-electron chi connectivity index (χ1n) is 8.69. The van der Waals surface area contributed by atoms with E-state index in [9.17, 15) is 9.59 Å². The maximum Gasteiger partial charge on any atom is 0.261 e. The van der Waals surface area contributed by atoms with Crippen molar-refractivity contribution in [2.24, 2.45) is 0 Å². The van der Waals surface area contributed by atoms with Crippen LogP contribution in [0.25, 0.3) is 0 Å². The van der Waals surface area contributed by atoms with Crippen molar-refractivity contribution >= 4 is 46.6 Å². The fourth-order valence-corrected chi connectivity index (χ4v) is 3.34. The van der Waals surface area contributed by atoms with Gasteiger partial charge >= 0.3 is 0 Å². The van der Waals surface area contributed by atoms with Crippen LogP contribution in [0.4, 0.5) is 0 Å². The highest BCUT2D eigenvalue weighted by Crippen LogP contribution is 2.27. The molecule has 0 saturated carbocycles. The minimum absolute atomic E-state index is 0.0905. The van der Waals surface area contributed by atoms with Gasteiger partial charge in [-0.05, 0) is 42.8 Å². The van der Waals surface area contributed by atoms with E-state index in [0.29, 0.717) is 32.8 Å². The number of rotatable bonds is 8. The highest BCUT2D eigenvalue weighted by atomic mass is 35.5. The lowest BCUT2D eigenvalue weighted by Crippen LogP contribution is -2.49. The standard InChI is InChI=1S/C20H21Cl3N2O3/c1-3-18(20(27)24-2)25(11-15-16(22)5-4-6-17(15)23)19(26)12-28-14-9-7-13(21)8-10-14/h4-10,18H,3,11-12H2,1-2H3,(H,24,27). The summed E-state index contributed by atoms with van der Waals surface area (Å²) < 4.78 is 5.56. The molecule has 0 aromatic heterocycles. The van der Waals surface area contributed by atoms with Gasteiger partial charge in [0.1, 0.15) is 11.8 Å². The third-order valence-electron chi connectivity index (χ3n) is 4.20. The Balaban J connectivity index is 2.24. The van der Waals surface area contributed by atoms with Crippen LogP contribution >= 0.6 is 34.8 Å². The van der Waals surface area contributed by atoms with E-state index in [0.717, 1.165) is 0 Å². The van der Waals surface area contributed by atoms with Gasteiger partial charge in [-0.15, -0.1) is 0 Å². The number of likely N-dealkylation sites (N-methyl/N-ethyl adjacent to an activating group) is 1. The molecule has 28 heavy (non-hydrogen) atoms. The molecule has 1 N–H and O–H groups in total. The first-order valence-corrected chi connectivity index (χ1v) is 9.83. The van der Waals surface area contributed by atoms with Crippen LogP contribution < -0.4 is 10.1 Å². The van der Waals surface area contributed by atoms with Crippen LogP contribution in [0.5, 0.6) is 5.75 Å². The number of ether oxygens (including phenoxy) is 1. The topological polar surface area (TPSA) is 58.6 Å². The molecule has 2 amide bonds. The molecule has 0 fully saturated rings. The Bertz CT molecular complexity index is 808.